The van der Waals surface area contributed by atoms with E-state index in [1.54, 1.807) is 0 Å². The van der Waals surface area contributed by atoms with Crippen molar-refractivity contribution in [3.05, 3.63) is 162 Å². The molecule has 7 unspecified atom stereocenters. The third-order valence-corrected chi connectivity index (χ3v) is 13.2. The van der Waals surface area contributed by atoms with Crippen LogP contribution in [0.4, 0.5) is 0 Å². The lowest BCUT2D eigenvalue weighted by atomic mass is 9.49. The van der Waals surface area contributed by atoms with Gasteiger partial charge in [-0.25, -0.2) is 0 Å². The number of nitrogens with zero attached hydrogens (tertiary/aromatic N) is 1. The molecular formula is C49H45NO2. The zero-order chi connectivity index (χ0) is 34.2. The molecule has 3 heteroatoms. The van der Waals surface area contributed by atoms with Crippen LogP contribution in [0.5, 0.6) is 5.75 Å². The molecule has 0 saturated carbocycles. The Bertz CT molecular complexity index is 2370. The van der Waals surface area contributed by atoms with Gasteiger partial charge in [-0.15, -0.1) is 0 Å². The number of allylic oxidation sites excluding steroid dienone is 11. The van der Waals surface area contributed by atoms with Gasteiger partial charge in [-0.05, 0) is 110 Å². The molecule has 0 amide bonds. The topological polar surface area (TPSA) is 23.4 Å². The Morgan fingerprint density at radius 2 is 1.67 bits per heavy atom. The van der Waals surface area contributed by atoms with Crippen LogP contribution in [-0.2, 0) is 10.2 Å². The molecule has 7 atom stereocenters. The molecule has 3 heterocycles. The zero-order valence-electron chi connectivity index (χ0n) is 29.7. The Kier molecular flexibility index (Phi) is 7.15. The highest BCUT2D eigenvalue weighted by Crippen LogP contribution is 2.63. The van der Waals surface area contributed by atoms with Gasteiger partial charge in [-0.1, -0.05) is 103 Å². The standard InChI is InChI=1S/C49H45NO2/c1-3-14-32(15-4-1)36-19-13-25-46-48(36)49(39-20-8-11-23-44(39)51-46)40-21-9-12-24-45(40)52-47-31-34(27-29-41(47)49)33-26-28-38-37-18-7-10-22-42(37)50(43(38)30-33)35-16-5-2-6-17-35/h2-3,5,7,9-14,16,18-19,21-23,25-32,39,41,44-45,47H,1,4,6,8,15,17,20,24H2. The highest BCUT2D eigenvalue weighted by Gasteiger charge is 2.62. The highest BCUT2D eigenvalue weighted by molar-refractivity contribution is 6.10. The van der Waals surface area contributed by atoms with Gasteiger partial charge in [0.25, 0.3) is 0 Å². The molecule has 1 saturated heterocycles. The fraction of sp³-hybridized carbons (Fsp3) is 0.306. The van der Waals surface area contributed by atoms with E-state index in [0.29, 0.717) is 11.8 Å². The fourth-order valence-corrected chi connectivity index (χ4v) is 11.1. The maximum atomic E-state index is 7.27. The molecule has 3 aromatic carbocycles. The first-order valence-electron chi connectivity index (χ1n) is 19.7. The summed E-state index contributed by atoms with van der Waals surface area (Å²) < 4.78 is 16.8. The largest absolute Gasteiger partial charge is 0.486 e. The number of para-hydroxylation sites is 1. The van der Waals surface area contributed by atoms with Crippen LogP contribution in [-0.4, -0.2) is 22.9 Å². The summed E-state index contributed by atoms with van der Waals surface area (Å²) in [6.45, 7) is 0. The van der Waals surface area contributed by atoms with Crippen LogP contribution < -0.4 is 4.74 Å². The Morgan fingerprint density at radius 1 is 0.750 bits per heavy atom. The summed E-state index contributed by atoms with van der Waals surface area (Å²) >= 11 is 0. The van der Waals surface area contributed by atoms with Crippen LogP contribution in [0, 0.1) is 11.8 Å². The molecule has 2 aliphatic heterocycles. The number of hydrogen-bond acceptors (Lipinski definition) is 2. The van der Waals surface area contributed by atoms with Gasteiger partial charge in [0, 0.05) is 45.2 Å². The summed E-state index contributed by atoms with van der Waals surface area (Å²) in [6.07, 6.45) is 39.7. The van der Waals surface area contributed by atoms with Crippen molar-refractivity contribution in [2.45, 2.75) is 81.0 Å². The summed E-state index contributed by atoms with van der Waals surface area (Å²) in [5.74, 6) is 1.98. The smallest absolute Gasteiger partial charge is 0.124 e. The van der Waals surface area contributed by atoms with Gasteiger partial charge < -0.3 is 14.0 Å². The van der Waals surface area contributed by atoms with E-state index in [1.165, 1.54) is 74.6 Å². The van der Waals surface area contributed by atoms with Crippen molar-refractivity contribution in [3.8, 4) is 5.75 Å². The van der Waals surface area contributed by atoms with E-state index in [-0.39, 0.29) is 29.6 Å². The number of hydrogen-bond donors (Lipinski definition) is 0. The third kappa shape index (κ3) is 4.48. The SMILES string of the molecule is C1=CCCC(n2c3ccccc3c3ccc(C4=CC5OC6CC=CC=C6C6(c7c(cccc7C7C=CCCC7)OC7C=CCCC76)C5C=C4)cc32)=C1. The average Bonchev–Trinajstić information content (AvgIpc) is 3.54. The van der Waals surface area contributed by atoms with Crippen LogP contribution in [0.2, 0.25) is 0 Å². The first-order chi connectivity index (χ1) is 25.8. The molecule has 7 aliphatic rings. The molecule has 0 radical (unpaired) electrons. The Balaban J connectivity index is 1.09. The molecule has 5 aliphatic carbocycles. The monoisotopic (exact) mass is 679 g/mol. The molecule has 4 aromatic rings. The average molecular weight is 680 g/mol. The summed E-state index contributed by atoms with van der Waals surface area (Å²) in [5.41, 5.74) is 10.6. The molecule has 52 heavy (non-hydrogen) atoms. The van der Waals surface area contributed by atoms with Crippen molar-refractivity contribution in [2.75, 3.05) is 0 Å². The maximum Gasteiger partial charge on any atom is 0.124 e. The lowest BCUT2D eigenvalue weighted by Gasteiger charge is -2.60. The zero-order valence-corrected chi connectivity index (χ0v) is 29.7. The van der Waals surface area contributed by atoms with E-state index >= 15 is 0 Å². The van der Waals surface area contributed by atoms with E-state index in [2.05, 4.69) is 144 Å². The van der Waals surface area contributed by atoms with Gasteiger partial charge in [0.15, 0.2) is 0 Å². The van der Waals surface area contributed by atoms with Crippen LogP contribution in [0.15, 0.2) is 145 Å². The fourth-order valence-electron chi connectivity index (χ4n) is 11.1. The van der Waals surface area contributed by atoms with E-state index in [4.69, 9.17) is 9.47 Å². The molecule has 11 rings (SSSR count). The van der Waals surface area contributed by atoms with Gasteiger partial charge in [-0.2, -0.15) is 0 Å². The number of aromatic nitrogens is 1. The van der Waals surface area contributed by atoms with Crippen LogP contribution in [0.1, 0.15) is 74.0 Å². The number of fused-ring (bicyclic) bond motifs is 11. The van der Waals surface area contributed by atoms with Crippen LogP contribution >= 0.6 is 0 Å². The second-order valence-corrected chi connectivity index (χ2v) is 15.8. The second-order valence-electron chi connectivity index (χ2n) is 15.8. The number of ether oxygens (including phenoxy) is 2. The van der Waals surface area contributed by atoms with Crippen molar-refractivity contribution in [1.29, 1.82) is 0 Å². The van der Waals surface area contributed by atoms with Crippen molar-refractivity contribution in [3.63, 3.8) is 0 Å². The summed E-state index contributed by atoms with van der Waals surface area (Å²) in [7, 11) is 0. The van der Waals surface area contributed by atoms with E-state index in [9.17, 15) is 0 Å². The minimum Gasteiger partial charge on any atom is -0.486 e. The van der Waals surface area contributed by atoms with E-state index in [0.717, 1.165) is 37.9 Å². The van der Waals surface area contributed by atoms with E-state index < -0.39 is 0 Å². The lowest BCUT2D eigenvalue weighted by Crippen LogP contribution is -2.61. The maximum absolute atomic E-state index is 7.27. The molecule has 0 N–H and O–H groups in total. The molecule has 0 bridgehead atoms. The molecular weight excluding hydrogens is 635 g/mol. The Hall–Kier alpha value is -4.86. The number of rotatable bonds is 3. The molecule has 258 valence electrons. The summed E-state index contributed by atoms with van der Waals surface area (Å²) in [4.78, 5) is 0. The van der Waals surface area contributed by atoms with Crippen molar-refractivity contribution in [1.82, 2.24) is 4.57 Å². The van der Waals surface area contributed by atoms with Gasteiger partial charge in [0.1, 0.15) is 11.9 Å². The molecule has 1 aromatic heterocycles. The lowest BCUT2D eigenvalue weighted by molar-refractivity contribution is -0.0776. The van der Waals surface area contributed by atoms with Crippen molar-refractivity contribution < 1.29 is 9.47 Å². The van der Waals surface area contributed by atoms with Gasteiger partial charge in [-0.3, -0.25) is 0 Å². The van der Waals surface area contributed by atoms with Crippen molar-refractivity contribution >= 4 is 33.1 Å². The normalized spacial score (nSPS) is 31.3. The predicted molar refractivity (Wildman–Crippen MR) is 213 cm³/mol. The summed E-state index contributed by atoms with van der Waals surface area (Å²) in [6, 6.07) is 22.9. The number of benzene rings is 3. The molecule has 1 fully saturated rings. The second kappa shape index (κ2) is 12.1. The highest BCUT2D eigenvalue weighted by atomic mass is 16.5. The van der Waals surface area contributed by atoms with Gasteiger partial charge >= 0.3 is 0 Å². The van der Waals surface area contributed by atoms with Crippen molar-refractivity contribution in [2.24, 2.45) is 11.8 Å². The summed E-state index contributed by atoms with van der Waals surface area (Å²) in [5, 5.41) is 2.62. The molecule has 3 nitrogen and oxygen atoms in total. The quantitative estimate of drug-likeness (QED) is 0.201. The first kappa shape index (κ1) is 30.7. The minimum absolute atomic E-state index is 0.0408. The minimum atomic E-state index is -0.223. The Labute approximate surface area is 306 Å². The van der Waals surface area contributed by atoms with Crippen LogP contribution in [0.3, 0.4) is 0 Å². The van der Waals surface area contributed by atoms with Crippen LogP contribution in [0.25, 0.3) is 33.1 Å². The van der Waals surface area contributed by atoms with E-state index in [1.807, 2.05) is 0 Å². The van der Waals surface area contributed by atoms with Gasteiger partial charge in [0.2, 0.25) is 0 Å². The first-order valence-corrected chi connectivity index (χ1v) is 19.7. The predicted octanol–water partition coefficient (Wildman–Crippen LogP) is 11.7. The molecule has 1 spiro atoms. The Morgan fingerprint density at radius 3 is 2.60 bits per heavy atom. The van der Waals surface area contributed by atoms with Gasteiger partial charge in [0.05, 0.1) is 23.2 Å². The third-order valence-electron chi connectivity index (χ3n) is 13.2.